The molecule has 196 valence electrons. The van der Waals surface area contributed by atoms with Gasteiger partial charge in [0.2, 0.25) is 0 Å². The molecule has 8 heteroatoms. The summed E-state index contributed by atoms with van der Waals surface area (Å²) < 4.78 is 24.5. The molecule has 1 heterocycles. The molecule has 7 nitrogen and oxygen atoms in total. The van der Waals surface area contributed by atoms with Gasteiger partial charge in [-0.05, 0) is 54.8 Å². The molecule has 0 aliphatic carbocycles. The molecular formula is C30H28FNO6. The molecule has 1 saturated heterocycles. The summed E-state index contributed by atoms with van der Waals surface area (Å²) >= 11 is 0. The quantitative estimate of drug-likeness (QED) is 0.188. The fraction of sp³-hybridized carbons (Fsp3) is 0.233. The van der Waals surface area contributed by atoms with Gasteiger partial charge in [-0.1, -0.05) is 48.9 Å². The zero-order valence-corrected chi connectivity index (χ0v) is 21.4. The molecule has 1 fully saturated rings. The number of esters is 1. The maximum Gasteiger partial charge on any atom is 0.338 e. The minimum absolute atomic E-state index is 0.0295. The number of rotatable bonds is 8. The second kappa shape index (κ2) is 11.3. The number of carbonyl (C=O) groups excluding carboxylic acids is 3. The van der Waals surface area contributed by atoms with Crippen LogP contribution < -0.4 is 4.74 Å². The molecule has 3 aromatic rings. The van der Waals surface area contributed by atoms with E-state index in [1.54, 1.807) is 36.4 Å². The molecule has 0 radical (unpaired) electrons. The number of aliphatic hydroxyl groups excluding tert-OH is 1. The van der Waals surface area contributed by atoms with Gasteiger partial charge in [-0.3, -0.25) is 9.59 Å². The van der Waals surface area contributed by atoms with Crippen molar-refractivity contribution in [3.63, 3.8) is 0 Å². The van der Waals surface area contributed by atoms with Crippen molar-refractivity contribution in [2.24, 2.45) is 0 Å². The first kappa shape index (κ1) is 26.6. The largest absolute Gasteiger partial charge is 0.507 e. The Bertz CT molecular complexity index is 1410. The van der Waals surface area contributed by atoms with Crippen LogP contribution in [0.1, 0.15) is 52.0 Å². The molecule has 1 amide bonds. The topological polar surface area (TPSA) is 93.1 Å². The lowest BCUT2D eigenvalue weighted by Crippen LogP contribution is -2.29. The van der Waals surface area contributed by atoms with Crippen molar-refractivity contribution in [1.29, 1.82) is 0 Å². The second-order valence-corrected chi connectivity index (χ2v) is 9.02. The minimum Gasteiger partial charge on any atom is -0.507 e. The molecule has 1 atom stereocenters. The highest BCUT2D eigenvalue weighted by molar-refractivity contribution is 6.46. The highest BCUT2D eigenvalue weighted by Crippen LogP contribution is 2.42. The highest BCUT2D eigenvalue weighted by atomic mass is 19.1. The van der Waals surface area contributed by atoms with Crippen LogP contribution in [0.4, 0.5) is 4.39 Å². The van der Waals surface area contributed by atoms with Gasteiger partial charge >= 0.3 is 5.97 Å². The SMILES string of the molecule is CCCOC(=O)c1ccc(CN2C(=O)C(=O)/C(=C(/O)c3cc(F)ccc3OC)C2c2cccc(C)c2)cc1. The maximum absolute atomic E-state index is 14.1. The van der Waals surface area contributed by atoms with Crippen LogP contribution in [0.15, 0.2) is 72.3 Å². The fourth-order valence-corrected chi connectivity index (χ4v) is 4.46. The number of hydrogen-bond acceptors (Lipinski definition) is 6. The molecule has 1 aliphatic heterocycles. The Kier molecular flexibility index (Phi) is 7.90. The number of ether oxygens (including phenoxy) is 2. The smallest absolute Gasteiger partial charge is 0.338 e. The average molecular weight is 518 g/mol. The van der Waals surface area contributed by atoms with Crippen LogP contribution in [-0.4, -0.2) is 41.4 Å². The van der Waals surface area contributed by atoms with Crippen LogP contribution in [0.2, 0.25) is 0 Å². The van der Waals surface area contributed by atoms with Crippen molar-refractivity contribution in [2.45, 2.75) is 32.9 Å². The van der Waals surface area contributed by atoms with Gasteiger partial charge in [-0.2, -0.15) is 0 Å². The summed E-state index contributed by atoms with van der Waals surface area (Å²) in [6.45, 7) is 4.13. The van der Waals surface area contributed by atoms with E-state index < -0.39 is 35.3 Å². The number of nitrogens with zero attached hydrogens (tertiary/aromatic N) is 1. The van der Waals surface area contributed by atoms with Gasteiger partial charge < -0.3 is 19.5 Å². The molecule has 1 N–H and O–H groups in total. The molecule has 0 aromatic heterocycles. The van der Waals surface area contributed by atoms with E-state index in [2.05, 4.69) is 0 Å². The number of methoxy groups -OCH3 is 1. The second-order valence-electron chi connectivity index (χ2n) is 9.02. The number of carbonyl (C=O) groups is 3. The summed E-state index contributed by atoms with van der Waals surface area (Å²) in [5.74, 6) is -3.14. The summed E-state index contributed by atoms with van der Waals surface area (Å²) in [7, 11) is 1.36. The van der Waals surface area contributed by atoms with Crippen LogP contribution in [0.5, 0.6) is 5.75 Å². The van der Waals surface area contributed by atoms with Gasteiger partial charge in [0.05, 0.1) is 36.5 Å². The lowest BCUT2D eigenvalue weighted by atomic mass is 9.94. The molecule has 4 rings (SSSR count). The lowest BCUT2D eigenvalue weighted by Gasteiger charge is -2.26. The van der Waals surface area contributed by atoms with E-state index in [0.29, 0.717) is 29.7 Å². The normalized spacial score (nSPS) is 16.5. The van der Waals surface area contributed by atoms with E-state index in [0.717, 1.165) is 11.6 Å². The molecule has 1 unspecified atom stereocenters. The molecule has 3 aromatic carbocycles. The lowest BCUT2D eigenvalue weighted by molar-refractivity contribution is -0.140. The molecule has 0 spiro atoms. The van der Waals surface area contributed by atoms with Gasteiger partial charge in [0.25, 0.3) is 11.7 Å². The van der Waals surface area contributed by atoms with E-state index in [-0.39, 0.29) is 23.4 Å². The Morgan fingerprint density at radius 3 is 2.45 bits per heavy atom. The van der Waals surface area contributed by atoms with Crippen molar-refractivity contribution >= 4 is 23.4 Å². The summed E-state index contributed by atoms with van der Waals surface area (Å²) in [6, 6.07) is 16.5. The van der Waals surface area contributed by atoms with Gasteiger partial charge in [0, 0.05) is 6.54 Å². The number of aliphatic hydroxyl groups is 1. The van der Waals surface area contributed by atoms with Crippen LogP contribution >= 0.6 is 0 Å². The third-order valence-corrected chi connectivity index (χ3v) is 6.29. The van der Waals surface area contributed by atoms with E-state index >= 15 is 0 Å². The Labute approximate surface area is 220 Å². The minimum atomic E-state index is -0.933. The van der Waals surface area contributed by atoms with Gasteiger partial charge in [0.15, 0.2) is 0 Å². The fourth-order valence-electron chi connectivity index (χ4n) is 4.46. The Hall–Kier alpha value is -4.46. The average Bonchev–Trinajstić information content (AvgIpc) is 3.16. The summed E-state index contributed by atoms with van der Waals surface area (Å²) in [5.41, 5.74) is 2.35. The number of likely N-dealkylation sites (tertiary alicyclic amines) is 1. The third-order valence-electron chi connectivity index (χ3n) is 6.29. The third kappa shape index (κ3) is 5.29. The molecule has 0 bridgehead atoms. The molecule has 1 aliphatic rings. The van der Waals surface area contributed by atoms with Gasteiger partial charge in [-0.15, -0.1) is 0 Å². The number of benzene rings is 3. The Morgan fingerprint density at radius 1 is 1.05 bits per heavy atom. The Morgan fingerprint density at radius 2 is 1.79 bits per heavy atom. The first-order chi connectivity index (χ1) is 18.2. The molecule has 0 saturated carbocycles. The maximum atomic E-state index is 14.1. The van der Waals surface area contributed by atoms with E-state index in [1.165, 1.54) is 24.1 Å². The van der Waals surface area contributed by atoms with Crippen LogP contribution in [0, 0.1) is 12.7 Å². The van der Waals surface area contributed by atoms with E-state index in [4.69, 9.17) is 9.47 Å². The first-order valence-corrected chi connectivity index (χ1v) is 12.2. The predicted octanol–water partition coefficient (Wildman–Crippen LogP) is 5.33. The van der Waals surface area contributed by atoms with Gasteiger partial charge in [0.1, 0.15) is 17.3 Å². The van der Waals surface area contributed by atoms with Crippen LogP contribution in [0.25, 0.3) is 5.76 Å². The summed E-state index contributed by atoms with van der Waals surface area (Å²) in [5, 5.41) is 11.3. The first-order valence-electron chi connectivity index (χ1n) is 12.2. The zero-order chi connectivity index (χ0) is 27.4. The summed E-state index contributed by atoms with van der Waals surface area (Å²) in [6.07, 6.45) is 0.708. The number of aryl methyl sites for hydroxylation is 1. The number of halogens is 1. The van der Waals surface area contributed by atoms with Crippen molar-refractivity contribution in [2.75, 3.05) is 13.7 Å². The monoisotopic (exact) mass is 517 g/mol. The van der Waals surface area contributed by atoms with Crippen LogP contribution in [0.3, 0.4) is 0 Å². The number of hydrogen-bond donors (Lipinski definition) is 1. The van der Waals surface area contributed by atoms with Crippen molar-refractivity contribution in [1.82, 2.24) is 4.90 Å². The Balaban J connectivity index is 1.78. The molecular weight excluding hydrogens is 489 g/mol. The van der Waals surface area contributed by atoms with Crippen molar-refractivity contribution in [3.8, 4) is 5.75 Å². The van der Waals surface area contributed by atoms with Gasteiger partial charge in [-0.25, -0.2) is 9.18 Å². The summed E-state index contributed by atoms with van der Waals surface area (Å²) in [4.78, 5) is 40.1. The standard InChI is InChI=1S/C30H28FNO6/c1-4-14-38-30(36)20-10-8-19(9-11-20)17-32-26(21-7-5-6-18(2)15-21)25(28(34)29(32)35)27(33)23-16-22(31)12-13-24(23)37-3/h5-13,15-16,26,33H,4,14,17H2,1-3H3/b27-25+. The number of Topliss-reactive ketones (excluding diaryl/α,β-unsaturated/α-hetero) is 1. The van der Waals surface area contributed by atoms with Crippen molar-refractivity contribution in [3.05, 3.63) is 106 Å². The van der Waals surface area contributed by atoms with E-state index in [9.17, 15) is 23.9 Å². The number of ketones is 1. The van der Waals surface area contributed by atoms with E-state index in [1.807, 2.05) is 26.0 Å². The number of amides is 1. The molecule has 38 heavy (non-hydrogen) atoms. The predicted molar refractivity (Wildman–Crippen MR) is 139 cm³/mol. The van der Waals surface area contributed by atoms with Crippen LogP contribution in [-0.2, 0) is 20.9 Å². The van der Waals surface area contributed by atoms with Crippen molar-refractivity contribution < 1.29 is 33.4 Å². The highest BCUT2D eigenvalue weighted by Gasteiger charge is 2.46. The zero-order valence-electron chi connectivity index (χ0n) is 21.4.